The number of fused-ring (bicyclic) bond motifs is 1. The molecule has 7 nitrogen and oxygen atoms in total. The lowest BCUT2D eigenvalue weighted by Crippen LogP contribution is -2.20. The van der Waals surface area contributed by atoms with Crippen molar-refractivity contribution in [2.45, 2.75) is 26.8 Å². The van der Waals surface area contributed by atoms with Gasteiger partial charge in [-0.1, -0.05) is 35.1 Å². The van der Waals surface area contributed by atoms with Crippen molar-refractivity contribution in [3.63, 3.8) is 0 Å². The van der Waals surface area contributed by atoms with Gasteiger partial charge >= 0.3 is 0 Å². The lowest BCUT2D eigenvalue weighted by molar-refractivity contribution is -0.384. The van der Waals surface area contributed by atoms with Gasteiger partial charge in [0.15, 0.2) is 4.80 Å². The number of nitrogens with zero attached hydrogens (tertiary/aromatic N) is 3. The van der Waals surface area contributed by atoms with Crippen molar-refractivity contribution in [3.8, 4) is 0 Å². The minimum atomic E-state index is -0.431. The molecule has 1 amide bonds. The maximum Gasteiger partial charge on any atom is 0.271 e. The molecule has 0 saturated carbocycles. The molecular formula is C20H21N3O4S. The summed E-state index contributed by atoms with van der Waals surface area (Å²) in [4.78, 5) is 28.1. The van der Waals surface area contributed by atoms with E-state index in [0.29, 0.717) is 23.5 Å². The van der Waals surface area contributed by atoms with Gasteiger partial charge in [0.25, 0.3) is 11.6 Å². The first-order valence-electron chi connectivity index (χ1n) is 8.79. The standard InChI is InChI=1S/C20H21N3O4S/c1-13-4-5-15(14(2)10-13)11-19(24)21-20-22(8-9-27-3)17-12-16(23(25)26)6-7-18(17)28-20/h4-7,10,12H,8-9,11H2,1-3H3. The number of nitro groups is 1. The van der Waals surface area contributed by atoms with Crippen molar-refractivity contribution in [1.82, 2.24) is 4.57 Å². The van der Waals surface area contributed by atoms with Crippen LogP contribution < -0.4 is 4.80 Å². The molecule has 3 aromatic rings. The number of nitro benzene ring substituents is 1. The van der Waals surface area contributed by atoms with Crippen molar-refractivity contribution < 1.29 is 14.5 Å². The number of thiazole rings is 1. The molecule has 3 rings (SSSR count). The van der Waals surface area contributed by atoms with Crippen LogP contribution in [0.25, 0.3) is 10.2 Å². The molecule has 0 atom stereocenters. The van der Waals surface area contributed by atoms with E-state index in [2.05, 4.69) is 4.99 Å². The number of carbonyl (C=O) groups is 1. The molecule has 0 spiro atoms. The summed E-state index contributed by atoms with van der Waals surface area (Å²) in [6.07, 6.45) is 0.213. The fraction of sp³-hybridized carbons (Fsp3) is 0.300. The molecule has 146 valence electrons. The van der Waals surface area contributed by atoms with Gasteiger partial charge in [0.2, 0.25) is 0 Å². The minimum Gasteiger partial charge on any atom is -0.383 e. The fourth-order valence-electron chi connectivity index (χ4n) is 3.01. The summed E-state index contributed by atoms with van der Waals surface area (Å²) >= 11 is 1.34. The number of non-ortho nitro benzene ring substituents is 1. The monoisotopic (exact) mass is 399 g/mol. The Morgan fingerprint density at radius 2 is 2.04 bits per heavy atom. The summed E-state index contributed by atoms with van der Waals surface area (Å²) in [5.41, 5.74) is 3.83. The Morgan fingerprint density at radius 1 is 1.25 bits per heavy atom. The van der Waals surface area contributed by atoms with E-state index in [-0.39, 0.29) is 18.0 Å². The average Bonchev–Trinajstić information content (AvgIpc) is 2.98. The largest absolute Gasteiger partial charge is 0.383 e. The Kier molecular flexibility index (Phi) is 6.01. The van der Waals surface area contributed by atoms with Crippen LogP contribution in [-0.2, 0) is 22.5 Å². The first-order valence-corrected chi connectivity index (χ1v) is 9.61. The average molecular weight is 399 g/mol. The number of carbonyl (C=O) groups excluding carboxylic acids is 1. The van der Waals surface area contributed by atoms with Gasteiger partial charge < -0.3 is 9.30 Å². The second-order valence-electron chi connectivity index (χ2n) is 6.55. The zero-order chi connectivity index (χ0) is 20.3. The molecule has 0 aliphatic carbocycles. The Bertz CT molecular complexity index is 1110. The van der Waals surface area contributed by atoms with Gasteiger partial charge in [0.1, 0.15) is 0 Å². The van der Waals surface area contributed by atoms with E-state index >= 15 is 0 Å². The van der Waals surface area contributed by atoms with E-state index in [0.717, 1.165) is 21.4 Å². The summed E-state index contributed by atoms with van der Waals surface area (Å²) in [5.74, 6) is -0.251. The first-order chi connectivity index (χ1) is 13.4. The van der Waals surface area contributed by atoms with E-state index in [1.54, 1.807) is 17.7 Å². The van der Waals surface area contributed by atoms with Crippen LogP contribution in [0.3, 0.4) is 0 Å². The molecule has 28 heavy (non-hydrogen) atoms. The van der Waals surface area contributed by atoms with Gasteiger partial charge in [-0.25, -0.2) is 0 Å². The van der Waals surface area contributed by atoms with Gasteiger partial charge in [-0.3, -0.25) is 14.9 Å². The highest BCUT2D eigenvalue weighted by molar-refractivity contribution is 7.16. The molecule has 0 N–H and O–H groups in total. The highest BCUT2D eigenvalue weighted by Crippen LogP contribution is 2.23. The summed E-state index contributed by atoms with van der Waals surface area (Å²) < 4.78 is 7.78. The van der Waals surface area contributed by atoms with Crippen LogP contribution in [-0.4, -0.2) is 29.1 Å². The predicted molar refractivity (Wildman–Crippen MR) is 109 cm³/mol. The normalized spacial score (nSPS) is 11.9. The van der Waals surface area contributed by atoms with Crippen molar-refractivity contribution in [2.24, 2.45) is 4.99 Å². The second kappa shape index (κ2) is 8.45. The van der Waals surface area contributed by atoms with E-state index in [9.17, 15) is 14.9 Å². The SMILES string of the molecule is COCCn1c(=NC(=O)Cc2ccc(C)cc2C)sc2ccc([N+](=O)[O-])cc21. The topological polar surface area (TPSA) is 86.7 Å². The van der Waals surface area contributed by atoms with Crippen molar-refractivity contribution >= 4 is 33.1 Å². The summed E-state index contributed by atoms with van der Waals surface area (Å²) in [6.45, 7) is 4.85. The molecule has 0 bridgehead atoms. The third kappa shape index (κ3) is 4.35. The lowest BCUT2D eigenvalue weighted by Gasteiger charge is -2.05. The van der Waals surface area contributed by atoms with E-state index in [1.807, 2.05) is 32.0 Å². The smallest absolute Gasteiger partial charge is 0.271 e. The van der Waals surface area contributed by atoms with E-state index in [4.69, 9.17) is 4.74 Å². The van der Waals surface area contributed by atoms with Crippen LogP contribution in [0.1, 0.15) is 16.7 Å². The maximum absolute atomic E-state index is 12.6. The second-order valence-corrected chi connectivity index (χ2v) is 7.56. The molecule has 0 fully saturated rings. The summed E-state index contributed by atoms with van der Waals surface area (Å²) in [7, 11) is 1.58. The van der Waals surface area contributed by atoms with Gasteiger partial charge in [-0.05, 0) is 31.0 Å². The molecule has 1 heterocycles. The quantitative estimate of drug-likeness (QED) is 0.469. The fourth-order valence-corrected chi connectivity index (χ4v) is 4.06. The number of hydrogen-bond acceptors (Lipinski definition) is 5. The molecule has 0 radical (unpaired) electrons. The predicted octanol–water partition coefficient (Wildman–Crippen LogP) is 3.54. The molecule has 0 unspecified atom stereocenters. The number of aromatic nitrogens is 1. The van der Waals surface area contributed by atoms with Gasteiger partial charge in [0, 0.05) is 25.8 Å². The van der Waals surface area contributed by atoms with E-state index in [1.165, 1.54) is 23.5 Å². The van der Waals surface area contributed by atoms with Crippen molar-refractivity contribution in [1.29, 1.82) is 0 Å². The Labute approximate surface area is 166 Å². The zero-order valence-corrected chi connectivity index (χ0v) is 16.8. The molecule has 2 aromatic carbocycles. The number of amides is 1. The molecule has 1 aromatic heterocycles. The highest BCUT2D eigenvalue weighted by atomic mass is 32.1. The summed E-state index contributed by atoms with van der Waals surface area (Å²) in [5, 5.41) is 11.1. The van der Waals surface area contributed by atoms with Gasteiger partial charge in [-0.2, -0.15) is 4.99 Å². The van der Waals surface area contributed by atoms with Crippen molar-refractivity contribution in [2.75, 3.05) is 13.7 Å². The number of hydrogen-bond donors (Lipinski definition) is 0. The Balaban J connectivity index is 2.02. The number of aryl methyl sites for hydroxylation is 2. The minimum absolute atomic E-state index is 0.00428. The molecule has 0 saturated heterocycles. The van der Waals surface area contributed by atoms with Crippen LogP contribution in [0.2, 0.25) is 0 Å². The molecule has 0 aliphatic heterocycles. The van der Waals surface area contributed by atoms with Gasteiger partial charge in [0.05, 0.1) is 28.2 Å². The van der Waals surface area contributed by atoms with Crippen LogP contribution in [0, 0.1) is 24.0 Å². The Hall–Kier alpha value is -2.84. The number of rotatable bonds is 6. The van der Waals surface area contributed by atoms with Crippen LogP contribution in [0.15, 0.2) is 41.4 Å². The molecular weight excluding hydrogens is 378 g/mol. The molecule has 8 heteroatoms. The first kappa shape index (κ1) is 19.9. The number of methoxy groups -OCH3 is 1. The third-order valence-electron chi connectivity index (χ3n) is 4.46. The van der Waals surface area contributed by atoms with E-state index < -0.39 is 4.92 Å². The molecule has 0 aliphatic rings. The maximum atomic E-state index is 12.6. The van der Waals surface area contributed by atoms with Crippen LogP contribution in [0.4, 0.5) is 5.69 Å². The van der Waals surface area contributed by atoms with Crippen molar-refractivity contribution in [3.05, 3.63) is 68.0 Å². The lowest BCUT2D eigenvalue weighted by atomic mass is 10.0. The van der Waals surface area contributed by atoms with Crippen LogP contribution >= 0.6 is 11.3 Å². The highest BCUT2D eigenvalue weighted by Gasteiger charge is 2.13. The Morgan fingerprint density at radius 3 is 2.71 bits per heavy atom. The van der Waals surface area contributed by atoms with Crippen LogP contribution in [0.5, 0.6) is 0 Å². The zero-order valence-electron chi connectivity index (χ0n) is 16.0. The number of ether oxygens (including phenoxy) is 1. The third-order valence-corrected chi connectivity index (χ3v) is 5.51. The summed E-state index contributed by atoms with van der Waals surface area (Å²) in [6, 6.07) is 10.6. The van der Waals surface area contributed by atoms with Gasteiger partial charge in [-0.15, -0.1) is 0 Å². The number of benzene rings is 2.